The minimum Gasteiger partial charge on any atom is -0.462 e. The summed E-state index contributed by atoms with van der Waals surface area (Å²) in [5.41, 5.74) is 1.56. The monoisotopic (exact) mass is 400 g/mol. The number of hydrogen-bond acceptors (Lipinski definition) is 7. The van der Waals surface area contributed by atoms with E-state index in [1.165, 1.54) is 4.68 Å². The molecule has 3 aromatic rings. The predicted octanol–water partition coefficient (Wildman–Crippen LogP) is 2.59. The lowest BCUT2D eigenvalue weighted by atomic mass is 9.93. The van der Waals surface area contributed by atoms with Gasteiger partial charge in [-0.2, -0.15) is 10.1 Å². The summed E-state index contributed by atoms with van der Waals surface area (Å²) in [5, 5.41) is 16.9. The molecule has 0 amide bonds. The fraction of sp³-hybridized carbons (Fsp3) is 0.500. The Kier molecular flexibility index (Phi) is 6.82. The van der Waals surface area contributed by atoms with Gasteiger partial charge < -0.3 is 19.7 Å². The lowest BCUT2D eigenvalue weighted by Crippen LogP contribution is -2.15. The molecular formula is C20H28N6O3. The first-order chi connectivity index (χ1) is 14.0. The van der Waals surface area contributed by atoms with Crippen LogP contribution in [0, 0.1) is 11.8 Å². The lowest BCUT2D eigenvalue weighted by Gasteiger charge is -2.20. The van der Waals surface area contributed by atoms with Crippen LogP contribution in [-0.2, 0) is 22.6 Å². The molecule has 0 radical (unpaired) electrons. The number of carbonyl (C=O) groups excluding carboxylic acids is 1. The molecule has 9 nitrogen and oxygen atoms in total. The van der Waals surface area contributed by atoms with Crippen molar-refractivity contribution in [3.63, 3.8) is 0 Å². The Labute approximate surface area is 169 Å². The number of aliphatic hydroxyl groups excluding tert-OH is 1. The summed E-state index contributed by atoms with van der Waals surface area (Å²) >= 11 is 0. The van der Waals surface area contributed by atoms with Crippen molar-refractivity contribution in [1.29, 1.82) is 0 Å². The lowest BCUT2D eigenvalue weighted by molar-refractivity contribution is -0.145. The van der Waals surface area contributed by atoms with E-state index >= 15 is 0 Å². The van der Waals surface area contributed by atoms with Crippen LogP contribution in [0.5, 0.6) is 0 Å². The van der Waals surface area contributed by atoms with Crippen LogP contribution in [0.1, 0.15) is 27.2 Å². The molecule has 0 aliphatic heterocycles. The Morgan fingerprint density at radius 1 is 1.34 bits per heavy atom. The molecule has 3 heterocycles. The van der Waals surface area contributed by atoms with Gasteiger partial charge in [-0.15, -0.1) is 0 Å². The molecule has 0 fully saturated rings. The van der Waals surface area contributed by atoms with E-state index in [2.05, 4.69) is 51.9 Å². The van der Waals surface area contributed by atoms with Gasteiger partial charge in [0.25, 0.3) is 0 Å². The number of rotatable bonds is 10. The average molecular weight is 400 g/mol. The Balaban J connectivity index is 1.71. The molecule has 0 aliphatic carbocycles. The molecule has 29 heavy (non-hydrogen) atoms. The van der Waals surface area contributed by atoms with Crippen molar-refractivity contribution in [2.75, 3.05) is 18.5 Å². The van der Waals surface area contributed by atoms with E-state index in [0.717, 1.165) is 24.0 Å². The van der Waals surface area contributed by atoms with Crippen molar-refractivity contribution in [3.05, 3.63) is 30.9 Å². The molecule has 2 N–H and O–H groups in total. The van der Waals surface area contributed by atoms with Crippen molar-refractivity contribution in [1.82, 2.24) is 24.3 Å². The highest BCUT2D eigenvalue weighted by atomic mass is 16.5. The molecule has 1 atom stereocenters. The zero-order valence-corrected chi connectivity index (χ0v) is 17.1. The summed E-state index contributed by atoms with van der Waals surface area (Å²) in [6.07, 6.45) is 8.25. The smallest absolute Gasteiger partial charge is 0.327 e. The maximum atomic E-state index is 11.6. The summed E-state index contributed by atoms with van der Waals surface area (Å²) in [6, 6.07) is 2.03. The second kappa shape index (κ2) is 9.51. The molecule has 0 saturated carbocycles. The van der Waals surface area contributed by atoms with Gasteiger partial charge in [-0.3, -0.25) is 9.48 Å². The van der Waals surface area contributed by atoms with E-state index in [4.69, 9.17) is 9.84 Å². The molecule has 9 heteroatoms. The number of aromatic nitrogens is 5. The highest BCUT2D eigenvalue weighted by molar-refractivity contribution is 5.76. The minimum absolute atomic E-state index is 0.0194. The van der Waals surface area contributed by atoms with Crippen LogP contribution in [0.2, 0.25) is 0 Å². The molecule has 0 aromatic carbocycles. The van der Waals surface area contributed by atoms with E-state index < -0.39 is 5.97 Å². The van der Waals surface area contributed by atoms with Crippen LogP contribution in [-0.4, -0.2) is 48.6 Å². The van der Waals surface area contributed by atoms with E-state index in [1.54, 1.807) is 18.6 Å². The quantitative estimate of drug-likeness (QED) is 0.504. The van der Waals surface area contributed by atoms with Gasteiger partial charge in [0.05, 0.1) is 18.5 Å². The third kappa shape index (κ3) is 5.32. The number of esters is 1. The van der Waals surface area contributed by atoms with E-state index in [9.17, 15) is 4.79 Å². The van der Waals surface area contributed by atoms with Crippen LogP contribution < -0.4 is 5.32 Å². The third-order valence-electron chi connectivity index (χ3n) is 4.94. The third-order valence-corrected chi connectivity index (χ3v) is 4.94. The molecule has 156 valence electrons. The minimum atomic E-state index is -0.458. The van der Waals surface area contributed by atoms with Gasteiger partial charge in [-0.1, -0.05) is 27.2 Å². The summed E-state index contributed by atoms with van der Waals surface area (Å²) < 4.78 is 8.47. The summed E-state index contributed by atoms with van der Waals surface area (Å²) in [7, 11) is 0. The number of nitrogens with zero attached hydrogens (tertiary/aromatic N) is 5. The number of aliphatic hydroxyl groups is 1. The van der Waals surface area contributed by atoms with Gasteiger partial charge in [-0.25, -0.2) is 4.98 Å². The Bertz CT molecular complexity index is 949. The summed E-state index contributed by atoms with van der Waals surface area (Å²) in [5.74, 6) is 1.20. The van der Waals surface area contributed by atoms with Crippen molar-refractivity contribution in [2.45, 2.75) is 40.3 Å². The van der Waals surface area contributed by atoms with Crippen molar-refractivity contribution < 1.29 is 14.6 Å². The van der Waals surface area contributed by atoms with E-state index in [-0.39, 0.29) is 19.8 Å². The largest absolute Gasteiger partial charge is 0.462 e. The standard InChI is InChI=1S/C20H28N6O3/c1-4-15(14(2)3)11-25-6-5-16-9-21-20(24-19(16)25)23-17-10-22-26(12-17)13-18(28)29-8-7-27/h5-6,9-10,12,14-15,27H,4,7-8,11,13H2,1-3H3,(H,21,23,24). The molecule has 0 bridgehead atoms. The second-order valence-electron chi connectivity index (χ2n) is 7.35. The fourth-order valence-corrected chi connectivity index (χ4v) is 3.22. The average Bonchev–Trinajstić information content (AvgIpc) is 3.30. The first-order valence-electron chi connectivity index (χ1n) is 9.88. The molecule has 1 unspecified atom stereocenters. The first kappa shape index (κ1) is 20.8. The van der Waals surface area contributed by atoms with Crippen LogP contribution in [0.4, 0.5) is 11.6 Å². The van der Waals surface area contributed by atoms with Gasteiger partial charge in [-0.05, 0) is 17.9 Å². The Hall–Kier alpha value is -2.94. The zero-order chi connectivity index (χ0) is 20.8. The number of hydrogen-bond donors (Lipinski definition) is 2. The van der Waals surface area contributed by atoms with E-state index in [0.29, 0.717) is 23.5 Å². The topological polar surface area (TPSA) is 107 Å². The molecular weight excluding hydrogens is 372 g/mol. The van der Waals surface area contributed by atoms with Crippen LogP contribution >= 0.6 is 0 Å². The first-order valence-corrected chi connectivity index (χ1v) is 9.88. The van der Waals surface area contributed by atoms with Crippen molar-refractivity contribution >= 4 is 28.6 Å². The number of ether oxygens (including phenoxy) is 1. The second-order valence-corrected chi connectivity index (χ2v) is 7.35. The summed E-state index contributed by atoms with van der Waals surface area (Å²) in [6.45, 7) is 7.39. The van der Waals surface area contributed by atoms with Gasteiger partial charge in [0, 0.05) is 30.5 Å². The SMILES string of the molecule is CCC(Cn1ccc2cnc(Nc3cnn(CC(=O)OCCO)c3)nc21)C(C)C. The van der Waals surface area contributed by atoms with Crippen molar-refractivity contribution in [2.24, 2.45) is 11.8 Å². The van der Waals surface area contributed by atoms with Gasteiger partial charge in [0.15, 0.2) is 0 Å². The van der Waals surface area contributed by atoms with Gasteiger partial charge in [0.1, 0.15) is 18.8 Å². The fourth-order valence-electron chi connectivity index (χ4n) is 3.22. The van der Waals surface area contributed by atoms with E-state index in [1.807, 2.05) is 6.07 Å². The maximum absolute atomic E-state index is 11.6. The van der Waals surface area contributed by atoms with Crippen LogP contribution in [0.3, 0.4) is 0 Å². The number of anilines is 2. The molecule has 3 rings (SSSR count). The van der Waals surface area contributed by atoms with Crippen molar-refractivity contribution in [3.8, 4) is 0 Å². The highest BCUT2D eigenvalue weighted by Gasteiger charge is 2.14. The highest BCUT2D eigenvalue weighted by Crippen LogP contribution is 2.22. The summed E-state index contributed by atoms with van der Waals surface area (Å²) in [4.78, 5) is 20.7. The Morgan fingerprint density at radius 2 is 2.17 bits per heavy atom. The van der Waals surface area contributed by atoms with Gasteiger partial charge >= 0.3 is 5.97 Å². The van der Waals surface area contributed by atoms with Crippen LogP contribution in [0.25, 0.3) is 11.0 Å². The Morgan fingerprint density at radius 3 is 2.90 bits per heavy atom. The number of carbonyl (C=O) groups is 1. The normalized spacial score (nSPS) is 12.4. The van der Waals surface area contributed by atoms with Crippen LogP contribution in [0.15, 0.2) is 30.9 Å². The molecule has 0 spiro atoms. The predicted molar refractivity (Wildman–Crippen MR) is 110 cm³/mol. The number of fused-ring (bicyclic) bond motifs is 1. The molecule has 0 aliphatic rings. The number of nitrogens with one attached hydrogen (secondary N) is 1. The maximum Gasteiger partial charge on any atom is 0.327 e. The van der Waals surface area contributed by atoms with Gasteiger partial charge in [0.2, 0.25) is 5.95 Å². The zero-order valence-electron chi connectivity index (χ0n) is 17.1. The molecule has 0 saturated heterocycles. The molecule has 3 aromatic heterocycles.